The zero-order valence-corrected chi connectivity index (χ0v) is 13.6. The van der Waals surface area contributed by atoms with Crippen LogP contribution in [0.2, 0.25) is 0 Å². The summed E-state index contributed by atoms with van der Waals surface area (Å²) in [6, 6.07) is 8.36. The van der Waals surface area contributed by atoms with Crippen molar-refractivity contribution in [3.05, 3.63) is 29.8 Å². The maximum atomic E-state index is 11.5. The van der Waals surface area contributed by atoms with Gasteiger partial charge in [-0.1, -0.05) is 24.6 Å². The lowest BCUT2D eigenvalue weighted by Gasteiger charge is -2.31. The topological polar surface area (TPSA) is 52.6 Å². The predicted molar refractivity (Wildman–Crippen MR) is 88.0 cm³/mol. The Labute approximate surface area is 128 Å². The number of aliphatic carboxylic acids is 1. The second kappa shape index (κ2) is 8.03. The summed E-state index contributed by atoms with van der Waals surface area (Å²) in [5.41, 5.74) is 1.51. The molecule has 0 aliphatic carbocycles. The third-order valence-corrected chi connectivity index (χ3v) is 3.90. The van der Waals surface area contributed by atoms with Crippen LogP contribution in [0.15, 0.2) is 24.3 Å². The normalized spacial score (nSPS) is 13.7. The molecule has 0 saturated heterocycles. The maximum absolute atomic E-state index is 11.5. The van der Waals surface area contributed by atoms with Gasteiger partial charge in [0.1, 0.15) is 5.54 Å². The molecule has 0 heterocycles. The number of anilines is 1. The van der Waals surface area contributed by atoms with Crippen LogP contribution in [0.3, 0.4) is 0 Å². The van der Waals surface area contributed by atoms with E-state index in [1.807, 2.05) is 6.92 Å². The van der Waals surface area contributed by atoms with Crippen molar-refractivity contribution >= 4 is 11.7 Å². The number of hydrogen-bond donors (Lipinski definition) is 2. The van der Waals surface area contributed by atoms with Crippen molar-refractivity contribution in [2.24, 2.45) is 0 Å². The number of nitrogens with one attached hydrogen (secondary N) is 1. The van der Waals surface area contributed by atoms with E-state index in [1.165, 1.54) is 5.56 Å². The van der Waals surface area contributed by atoms with Crippen molar-refractivity contribution in [3.8, 4) is 0 Å². The Morgan fingerprint density at radius 1 is 1.29 bits per heavy atom. The fraction of sp³-hybridized carbons (Fsp3) is 0.588. The third-order valence-electron chi connectivity index (χ3n) is 3.90. The molecule has 0 aromatic heterocycles. The SMILES string of the molecule is CCCNC(C)(CCN(CC)c1ccc(C)cc1)C(=O)O. The second-order valence-electron chi connectivity index (χ2n) is 5.73. The van der Waals surface area contributed by atoms with Gasteiger partial charge in [0.2, 0.25) is 0 Å². The molecule has 0 fully saturated rings. The highest BCUT2D eigenvalue weighted by atomic mass is 16.4. The van der Waals surface area contributed by atoms with Crippen LogP contribution in [-0.2, 0) is 4.79 Å². The molecule has 0 bridgehead atoms. The van der Waals surface area contributed by atoms with Crippen molar-refractivity contribution in [3.63, 3.8) is 0 Å². The van der Waals surface area contributed by atoms with E-state index in [2.05, 4.69) is 48.3 Å². The van der Waals surface area contributed by atoms with Crippen LogP contribution >= 0.6 is 0 Å². The molecule has 118 valence electrons. The number of carbonyl (C=O) groups is 1. The summed E-state index contributed by atoms with van der Waals surface area (Å²) in [4.78, 5) is 13.7. The Morgan fingerprint density at radius 3 is 2.38 bits per heavy atom. The number of carboxylic acid groups (broad SMARTS) is 1. The molecule has 0 aliphatic rings. The summed E-state index contributed by atoms with van der Waals surface area (Å²) in [5.74, 6) is -0.782. The van der Waals surface area contributed by atoms with Crippen molar-refractivity contribution in [2.45, 2.75) is 46.1 Å². The number of benzene rings is 1. The molecule has 1 aromatic carbocycles. The van der Waals surface area contributed by atoms with Gasteiger partial charge in [0.25, 0.3) is 0 Å². The monoisotopic (exact) mass is 292 g/mol. The van der Waals surface area contributed by atoms with Crippen LogP contribution in [0, 0.1) is 6.92 Å². The van der Waals surface area contributed by atoms with Crippen LogP contribution in [-0.4, -0.2) is 36.2 Å². The number of rotatable bonds is 9. The molecule has 1 atom stereocenters. The van der Waals surface area contributed by atoms with E-state index in [-0.39, 0.29) is 0 Å². The quantitative estimate of drug-likeness (QED) is 0.734. The molecule has 0 aliphatic heterocycles. The summed E-state index contributed by atoms with van der Waals surface area (Å²) in [6.45, 7) is 10.3. The van der Waals surface area contributed by atoms with Crippen LogP contribution < -0.4 is 10.2 Å². The lowest BCUT2D eigenvalue weighted by atomic mass is 9.97. The molecule has 4 heteroatoms. The molecule has 1 aromatic rings. The van der Waals surface area contributed by atoms with Gasteiger partial charge in [0.05, 0.1) is 0 Å². The van der Waals surface area contributed by atoms with Gasteiger partial charge in [-0.15, -0.1) is 0 Å². The molecule has 21 heavy (non-hydrogen) atoms. The molecule has 1 rings (SSSR count). The van der Waals surface area contributed by atoms with Gasteiger partial charge in [0, 0.05) is 18.8 Å². The van der Waals surface area contributed by atoms with Gasteiger partial charge >= 0.3 is 5.97 Å². The van der Waals surface area contributed by atoms with Gasteiger partial charge in [-0.05, 0) is 52.3 Å². The van der Waals surface area contributed by atoms with Crippen molar-refractivity contribution in [1.82, 2.24) is 5.32 Å². The Kier molecular flexibility index (Phi) is 6.69. The Bertz CT molecular complexity index is 445. The van der Waals surface area contributed by atoms with Gasteiger partial charge in [-0.3, -0.25) is 4.79 Å². The van der Waals surface area contributed by atoms with E-state index in [0.29, 0.717) is 6.42 Å². The van der Waals surface area contributed by atoms with E-state index < -0.39 is 11.5 Å². The number of carboxylic acids is 1. The van der Waals surface area contributed by atoms with Gasteiger partial charge in [-0.2, -0.15) is 0 Å². The van der Waals surface area contributed by atoms with Crippen molar-refractivity contribution in [2.75, 3.05) is 24.5 Å². The largest absolute Gasteiger partial charge is 0.480 e. The zero-order valence-electron chi connectivity index (χ0n) is 13.6. The Balaban J connectivity index is 2.72. The van der Waals surface area contributed by atoms with Crippen LogP contribution in [0.4, 0.5) is 5.69 Å². The minimum absolute atomic E-state index is 0.573. The summed E-state index contributed by atoms with van der Waals surface area (Å²) < 4.78 is 0. The maximum Gasteiger partial charge on any atom is 0.323 e. The molecule has 0 saturated carbocycles. The second-order valence-corrected chi connectivity index (χ2v) is 5.73. The molecule has 0 amide bonds. The highest BCUT2D eigenvalue weighted by Gasteiger charge is 2.32. The number of aryl methyl sites for hydroxylation is 1. The van der Waals surface area contributed by atoms with Crippen molar-refractivity contribution < 1.29 is 9.90 Å². The van der Waals surface area contributed by atoms with Crippen LogP contribution in [0.1, 0.15) is 39.2 Å². The first-order valence-electron chi connectivity index (χ1n) is 7.73. The molecule has 1 unspecified atom stereocenters. The standard InChI is InChI=1S/C17H28N2O2/c1-5-12-18-17(4,16(20)21)11-13-19(6-2)15-9-7-14(3)8-10-15/h7-10,18H,5-6,11-13H2,1-4H3,(H,20,21). The fourth-order valence-corrected chi connectivity index (χ4v) is 2.26. The predicted octanol–water partition coefficient (Wildman–Crippen LogP) is 3.05. The fourth-order valence-electron chi connectivity index (χ4n) is 2.26. The minimum atomic E-state index is -0.867. The van der Waals surface area contributed by atoms with Crippen molar-refractivity contribution in [1.29, 1.82) is 0 Å². The summed E-state index contributed by atoms with van der Waals surface area (Å²) in [7, 11) is 0. The van der Waals surface area contributed by atoms with Crippen LogP contribution in [0.5, 0.6) is 0 Å². The van der Waals surface area contributed by atoms with E-state index in [1.54, 1.807) is 6.92 Å². The summed E-state index contributed by atoms with van der Waals surface area (Å²) in [5, 5.41) is 12.6. The van der Waals surface area contributed by atoms with Crippen LogP contribution in [0.25, 0.3) is 0 Å². The van der Waals surface area contributed by atoms with Gasteiger partial charge in [-0.25, -0.2) is 0 Å². The highest BCUT2D eigenvalue weighted by Crippen LogP contribution is 2.18. The zero-order chi connectivity index (χ0) is 15.9. The highest BCUT2D eigenvalue weighted by molar-refractivity contribution is 5.78. The smallest absolute Gasteiger partial charge is 0.323 e. The Morgan fingerprint density at radius 2 is 1.90 bits per heavy atom. The molecule has 0 spiro atoms. The minimum Gasteiger partial charge on any atom is -0.480 e. The van der Waals surface area contributed by atoms with Gasteiger partial charge < -0.3 is 15.3 Å². The first-order valence-corrected chi connectivity index (χ1v) is 7.73. The van der Waals surface area contributed by atoms with E-state index in [0.717, 1.165) is 31.7 Å². The third kappa shape index (κ3) is 5.05. The molecule has 2 N–H and O–H groups in total. The molecular weight excluding hydrogens is 264 g/mol. The summed E-state index contributed by atoms with van der Waals surface area (Å²) >= 11 is 0. The van der Waals surface area contributed by atoms with E-state index in [4.69, 9.17) is 0 Å². The first kappa shape index (κ1) is 17.5. The summed E-state index contributed by atoms with van der Waals surface area (Å²) in [6.07, 6.45) is 1.50. The lowest BCUT2D eigenvalue weighted by molar-refractivity contribution is -0.144. The number of hydrogen-bond acceptors (Lipinski definition) is 3. The Hall–Kier alpha value is -1.55. The first-order chi connectivity index (χ1) is 9.92. The number of nitrogens with zero attached hydrogens (tertiary/aromatic N) is 1. The molecule has 4 nitrogen and oxygen atoms in total. The van der Waals surface area contributed by atoms with E-state index in [9.17, 15) is 9.90 Å². The average Bonchev–Trinajstić information content (AvgIpc) is 2.47. The van der Waals surface area contributed by atoms with E-state index >= 15 is 0 Å². The molecular formula is C17H28N2O2. The molecule has 0 radical (unpaired) electrons. The van der Waals surface area contributed by atoms with Gasteiger partial charge in [0.15, 0.2) is 0 Å². The lowest BCUT2D eigenvalue weighted by Crippen LogP contribution is -2.51. The average molecular weight is 292 g/mol.